The molecule has 1 aliphatic heterocycles. The van der Waals surface area contributed by atoms with Crippen LogP contribution in [0.2, 0.25) is 0 Å². The minimum atomic E-state index is -0.793. The minimum absolute atomic E-state index is 0.0000548. The van der Waals surface area contributed by atoms with Crippen LogP contribution in [-0.2, 0) is 0 Å². The van der Waals surface area contributed by atoms with Crippen molar-refractivity contribution in [1.82, 2.24) is 4.90 Å². The number of nitrogens with zero attached hydrogens (tertiary/aromatic N) is 1. The second-order valence-electron chi connectivity index (χ2n) is 5.33. The van der Waals surface area contributed by atoms with E-state index in [0.717, 1.165) is 10.3 Å². The lowest BCUT2D eigenvalue weighted by Crippen LogP contribution is -2.50. The lowest BCUT2D eigenvalue weighted by Gasteiger charge is -2.29. The molecule has 108 valence electrons. The van der Waals surface area contributed by atoms with E-state index in [4.69, 9.17) is 5.73 Å². The number of aliphatic hydroxyl groups excluding tert-OH is 1. The van der Waals surface area contributed by atoms with Crippen molar-refractivity contribution >= 4 is 22.6 Å². The van der Waals surface area contributed by atoms with E-state index in [1.165, 1.54) is 6.92 Å². The molecule has 2 aromatic rings. The molecule has 0 radical (unpaired) electrons. The highest BCUT2D eigenvalue weighted by Gasteiger charge is 2.33. The summed E-state index contributed by atoms with van der Waals surface area (Å²) in [4.78, 5) is 26.2. The first-order valence-electron chi connectivity index (χ1n) is 6.82. The molecule has 2 amide bonds. The Morgan fingerprint density at radius 3 is 2.10 bits per heavy atom. The van der Waals surface area contributed by atoms with Crippen LogP contribution in [0.15, 0.2) is 36.4 Å². The Morgan fingerprint density at radius 2 is 1.62 bits per heavy atom. The van der Waals surface area contributed by atoms with Crippen molar-refractivity contribution < 1.29 is 14.7 Å². The molecule has 5 heteroatoms. The zero-order valence-electron chi connectivity index (χ0n) is 11.6. The Morgan fingerprint density at radius 1 is 1.10 bits per heavy atom. The van der Waals surface area contributed by atoms with E-state index in [2.05, 4.69) is 0 Å². The lowest BCUT2D eigenvalue weighted by atomic mass is 9.93. The van der Waals surface area contributed by atoms with Crippen LogP contribution in [0.5, 0.6) is 0 Å². The second kappa shape index (κ2) is 4.95. The van der Waals surface area contributed by atoms with Gasteiger partial charge < -0.3 is 10.8 Å². The zero-order valence-corrected chi connectivity index (χ0v) is 11.6. The first-order chi connectivity index (χ1) is 10.0. The summed E-state index contributed by atoms with van der Waals surface area (Å²) >= 11 is 0. The summed E-state index contributed by atoms with van der Waals surface area (Å²) in [6, 6.07) is 10.1. The molecular weight excluding hydrogens is 268 g/mol. The molecule has 0 spiro atoms. The third kappa shape index (κ3) is 2.11. The van der Waals surface area contributed by atoms with Crippen LogP contribution in [0.3, 0.4) is 0 Å². The standard InChI is InChI=1S/C16H16N2O3/c1-9(19)13(17)8-18-15(20)11-6-2-4-10-5-3-7-12(14(10)11)16(18)21/h2-7,9,13,19H,8,17H2,1H3. The molecule has 0 aliphatic carbocycles. The predicted molar refractivity (Wildman–Crippen MR) is 79.0 cm³/mol. The van der Waals surface area contributed by atoms with Crippen molar-refractivity contribution in [3.8, 4) is 0 Å². The van der Waals surface area contributed by atoms with Crippen LogP contribution < -0.4 is 5.73 Å². The number of rotatable bonds is 3. The molecule has 1 aliphatic rings. The fraction of sp³-hybridized carbons (Fsp3) is 0.250. The maximum Gasteiger partial charge on any atom is 0.261 e. The molecule has 3 N–H and O–H groups in total. The second-order valence-corrected chi connectivity index (χ2v) is 5.33. The van der Waals surface area contributed by atoms with Gasteiger partial charge in [0, 0.05) is 29.1 Å². The molecule has 0 aromatic heterocycles. The summed E-state index contributed by atoms with van der Waals surface area (Å²) in [5.74, 6) is -0.721. The molecular formula is C16H16N2O3. The summed E-state index contributed by atoms with van der Waals surface area (Å²) in [5.41, 5.74) is 6.79. The lowest BCUT2D eigenvalue weighted by molar-refractivity contribution is 0.0564. The molecule has 0 saturated heterocycles. The first-order valence-corrected chi connectivity index (χ1v) is 6.82. The van der Waals surface area contributed by atoms with Crippen molar-refractivity contribution in [3.63, 3.8) is 0 Å². The van der Waals surface area contributed by atoms with Gasteiger partial charge in [-0.2, -0.15) is 0 Å². The molecule has 0 saturated carbocycles. The third-order valence-electron chi connectivity index (χ3n) is 3.87. The SMILES string of the molecule is CC(O)C(N)CN1C(=O)c2cccc3cccc(c23)C1=O. The number of amides is 2. The molecule has 2 unspecified atom stereocenters. The summed E-state index contributed by atoms with van der Waals surface area (Å²) in [5, 5.41) is 11.1. The molecule has 1 heterocycles. The Bertz CT molecular complexity index is 689. The number of benzene rings is 2. The molecule has 2 aromatic carbocycles. The van der Waals surface area contributed by atoms with Crippen LogP contribution >= 0.6 is 0 Å². The fourth-order valence-corrected chi connectivity index (χ4v) is 2.61. The van der Waals surface area contributed by atoms with Crippen molar-refractivity contribution in [3.05, 3.63) is 47.5 Å². The number of nitrogens with two attached hydrogens (primary N) is 1. The number of carbonyl (C=O) groups excluding carboxylic acids is 2. The van der Waals surface area contributed by atoms with Crippen LogP contribution in [0.25, 0.3) is 10.8 Å². The topological polar surface area (TPSA) is 83.6 Å². The highest BCUT2D eigenvalue weighted by atomic mass is 16.3. The van der Waals surface area contributed by atoms with Crippen LogP contribution in [0.1, 0.15) is 27.6 Å². The van der Waals surface area contributed by atoms with Gasteiger partial charge in [0.2, 0.25) is 0 Å². The van der Waals surface area contributed by atoms with E-state index < -0.39 is 12.1 Å². The normalized spacial score (nSPS) is 17.2. The van der Waals surface area contributed by atoms with Crippen LogP contribution in [0, 0.1) is 0 Å². The monoisotopic (exact) mass is 284 g/mol. The molecule has 0 bridgehead atoms. The van der Waals surface area contributed by atoms with E-state index in [-0.39, 0.29) is 18.4 Å². The summed E-state index contributed by atoms with van der Waals surface area (Å²) in [7, 11) is 0. The molecule has 0 fully saturated rings. The van der Waals surface area contributed by atoms with Gasteiger partial charge in [-0.25, -0.2) is 0 Å². The Kier molecular flexibility index (Phi) is 3.23. The third-order valence-corrected chi connectivity index (χ3v) is 3.87. The van der Waals surface area contributed by atoms with Gasteiger partial charge in [0.15, 0.2) is 0 Å². The van der Waals surface area contributed by atoms with Crippen molar-refractivity contribution in [2.75, 3.05) is 6.54 Å². The summed E-state index contributed by atoms with van der Waals surface area (Å²) < 4.78 is 0. The van der Waals surface area contributed by atoms with Gasteiger partial charge in [0.1, 0.15) is 0 Å². The smallest absolute Gasteiger partial charge is 0.261 e. The van der Waals surface area contributed by atoms with Crippen LogP contribution in [0.4, 0.5) is 0 Å². The molecule has 2 atom stereocenters. The summed E-state index contributed by atoms with van der Waals surface area (Å²) in [6.45, 7) is 1.54. The van der Waals surface area contributed by atoms with Gasteiger partial charge in [0.25, 0.3) is 11.8 Å². The molecule has 21 heavy (non-hydrogen) atoms. The Hall–Kier alpha value is -2.24. The highest BCUT2D eigenvalue weighted by molar-refractivity contribution is 6.25. The summed E-state index contributed by atoms with van der Waals surface area (Å²) in [6.07, 6.45) is -0.793. The quantitative estimate of drug-likeness (QED) is 0.828. The minimum Gasteiger partial charge on any atom is -0.392 e. The van der Waals surface area contributed by atoms with E-state index in [0.29, 0.717) is 16.5 Å². The average molecular weight is 284 g/mol. The zero-order chi connectivity index (χ0) is 15.1. The van der Waals surface area contributed by atoms with E-state index in [1.807, 2.05) is 12.1 Å². The van der Waals surface area contributed by atoms with Crippen molar-refractivity contribution in [2.45, 2.75) is 19.1 Å². The van der Waals surface area contributed by atoms with Gasteiger partial charge in [-0.15, -0.1) is 0 Å². The highest BCUT2D eigenvalue weighted by Crippen LogP contribution is 2.29. The van der Waals surface area contributed by atoms with Gasteiger partial charge >= 0.3 is 0 Å². The molecule has 5 nitrogen and oxygen atoms in total. The maximum absolute atomic E-state index is 12.5. The average Bonchev–Trinajstić information content (AvgIpc) is 2.48. The van der Waals surface area contributed by atoms with Crippen molar-refractivity contribution in [1.29, 1.82) is 0 Å². The van der Waals surface area contributed by atoms with E-state index in [1.54, 1.807) is 24.3 Å². The van der Waals surface area contributed by atoms with E-state index >= 15 is 0 Å². The predicted octanol–water partition coefficient (Wildman–Crippen LogP) is 1.14. The fourth-order valence-electron chi connectivity index (χ4n) is 2.61. The number of hydrogen-bond acceptors (Lipinski definition) is 4. The first kappa shape index (κ1) is 13.7. The van der Waals surface area contributed by atoms with E-state index in [9.17, 15) is 14.7 Å². The van der Waals surface area contributed by atoms with Gasteiger partial charge in [-0.05, 0) is 24.4 Å². The number of imide groups is 1. The van der Waals surface area contributed by atoms with Gasteiger partial charge in [-0.3, -0.25) is 14.5 Å². The molecule has 3 rings (SSSR count). The van der Waals surface area contributed by atoms with Crippen LogP contribution in [-0.4, -0.2) is 40.5 Å². The largest absolute Gasteiger partial charge is 0.392 e. The number of aliphatic hydroxyl groups is 1. The van der Waals surface area contributed by atoms with Crippen molar-refractivity contribution in [2.24, 2.45) is 5.73 Å². The van der Waals surface area contributed by atoms with Gasteiger partial charge in [-0.1, -0.05) is 24.3 Å². The number of carbonyl (C=O) groups is 2. The number of hydrogen-bond donors (Lipinski definition) is 2. The maximum atomic E-state index is 12.5. The Balaban J connectivity index is 2.11. The van der Waals surface area contributed by atoms with Gasteiger partial charge in [0.05, 0.1) is 6.10 Å². The Labute approximate surface area is 122 Å².